The van der Waals surface area contributed by atoms with E-state index >= 15 is 0 Å². The first-order valence-electron chi connectivity index (χ1n) is 12.3. The van der Waals surface area contributed by atoms with E-state index in [-0.39, 0.29) is 34.0 Å². The summed E-state index contributed by atoms with van der Waals surface area (Å²) < 4.78 is 55.4. The van der Waals surface area contributed by atoms with Gasteiger partial charge in [-0.25, -0.2) is 4.39 Å². The van der Waals surface area contributed by atoms with Crippen molar-refractivity contribution in [1.29, 1.82) is 0 Å². The SMILES string of the molecule is CC(=O)N(C)C1CCN(CCC(C)(C(=O)NC(c2ccc(F)cc2)C(F)(F)F)c2ccc(Cl)c(Cl)c2)CC1. The van der Waals surface area contributed by atoms with E-state index in [1.165, 1.54) is 19.1 Å². The summed E-state index contributed by atoms with van der Waals surface area (Å²) in [6.45, 7) is 4.90. The lowest BCUT2D eigenvalue weighted by Gasteiger charge is -2.38. The zero-order valence-corrected chi connectivity index (χ0v) is 22.9. The van der Waals surface area contributed by atoms with Gasteiger partial charge in [-0.3, -0.25) is 9.59 Å². The molecule has 1 aliphatic rings. The molecule has 3 rings (SSSR count). The van der Waals surface area contributed by atoms with Gasteiger partial charge in [-0.15, -0.1) is 0 Å². The predicted octanol–water partition coefficient (Wildman–Crippen LogP) is 6.14. The Morgan fingerprint density at radius 3 is 2.21 bits per heavy atom. The van der Waals surface area contributed by atoms with Crippen molar-refractivity contribution in [3.05, 3.63) is 69.5 Å². The molecule has 1 N–H and O–H groups in total. The number of benzene rings is 2. The van der Waals surface area contributed by atoms with Crippen LogP contribution in [-0.4, -0.2) is 60.5 Å². The predicted molar refractivity (Wildman–Crippen MR) is 140 cm³/mol. The summed E-state index contributed by atoms with van der Waals surface area (Å²) in [4.78, 5) is 29.2. The van der Waals surface area contributed by atoms with Gasteiger partial charge >= 0.3 is 6.18 Å². The largest absolute Gasteiger partial charge is 0.412 e. The van der Waals surface area contributed by atoms with Crippen LogP contribution >= 0.6 is 23.2 Å². The van der Waals surface area contributed by atoms with E-state index in [2.05, 4.69) is 10.2 Å². The number of nitrogens with one attached hydrogen (secondary N) is 1. The van der Waals surface area contributed by atoms with E-state index in [1.807, 2.05) is 0 Å². The van der Waals surface area contributed by atoms with Gasteiger partial charge in [-0.1, -0.05) is 41.4 Å². The van der Waals surface area contributed by atoms with Gasteiger partial charge in [0.25, 0.3) is 0 Å². The van der Waals surface area contributed by atoms with Crippen molar-refractivity contribution < 1.29 is 27.2 Å². The third-order valence-electron chi connectivity index (χ3n) is 7.39. The second-order valence-corrected chi connectivity index (χ2v) is 10.7. The molecule has 2 amide bonds. The molecule has 2 aromatic carbocycles. The van der Waals surface area contributed by atoms with Crippen molar-refractivity contribution in [3.8, 4) is 0 Å². The first kappa shape index (κ1) is 30.2. The number of likely N-dealkylation sites (tertiary alicyclic amines) is 1. The first-order chi connectivity index (χ1) is 17.7. The Balaban J connectivity index is 1.84. The number of rotatable bonds is 8. The number of piperidine rings is 1. The fraction of sp³-hybridized carbons (Fsp3) is 0.481. The average Bonchev–Trinajstić information content (AvgIpc) is 2.87. The lowest BCUT2D eigenvalue weighted by Crippen LogP contribution is -2.50. The van der Waals surface area contributed by atoms with E-state index < -0.39 is 29.4 Å². The summed E-state index contributed by atoms with van der Waals surface area (Å²) in [7, 11) is 1.77. The Kier molecular flexibility index (Phi) is 9.71. The maximum atomic E-state index is 14.0. The Morgan fingerprint density at radius 2 is 1.68 bits per heavy atom. The van der Waals surface area contributed by atoms with E-state index in [4.69, 9.17) is 23.2 Å². The molecule has 1 fully saturated rings. The maximum Gasteiger partial charge on any atom is 0.412 e. The van der Waals surface area contributed by atoms with E-state index in [0.29, 0.717) is 25.2 Å². The Labute approximate surface area is 230 Å². The van der Waals surface area contributed by atoms with Gasteiger partial charge in [0.2, 0.25) is 11.8 Å². The monoisotopic (exact) mass is 575 g/mol. The molecular weight excluding hydrogens is 545 g/mol. The standard InChI is InChI=1S/C27H31Cl2F4N3O2/c1-17(37)35(3)21-10-13-36(14-11-21)15-12-26(2,19-6-9-22(28)23(29)16-19)25(38)34-24(27(31,32)33)18-4-7-20(30)8-5-18/h4-9,16,21,24H,10-15H2,1-3H3,(H,34,38). The van der Waals surface area contributed by atoms with Crippen molar-refractivity contribution in [2.75, 3.05) is 26.7 Å². The summed E-state index contributed by atoms with van der Waals surface area (Å²) in [5.41, 5.74) is -1.24. The quantitative estimate of drug-likeness (QED) is 0.384. The van der Waals surface area contributed by atoms with Gasteiger partial charge in [0, 0.05) is 33.1 Å². The number of hydrogen-bond acceptors (Lipinski definition) is 3. The summed E-state index contributed by atoms with van der Waals surface area (Å²) >= 11 is 12.3. The summed E-state index contributed by atoms with van der Waals surface area (Å²) in [5.74, 6) is -1.53. The van der Waals surface area contributed by atoms with Crippen LogP contribution in [0.15, 0.2) is 42.5 Å². The normalized spacial score (nSPS) is 17.5. The minimum Gasteiger partial charge on any atom is -0.343 e. The van der Waals surface area contributed by atoms with Gasteiger partial charge in [0.05, 0.1) is 15.5 Å². The first-order valence-corrected chi connectivity index (χ1v) is 13.0. The zero-order valence-electron chi connectivity index (χ0n) is 21.4. The highest BCUT2D eigenvalue weighted by molar-refractivity contribution is 6.42. The maximum absolute atomic E-state index is 14.0. The molecule has 208 valence electrons. The highest BCUT2D eigenvalue weighted by Gasteiger charge is 2.45. The van der Waals surface area contributed by atoms with Gasteiger partial charge in [0.1, 0.15) is 5.82 Å². The molecule has 38 heavy (non-hydrogen) atoms. The van der Waals surface area contributed by atoms with E-state index in [1.54, 1.807) is 24.9 Å². The van der Waals surface area contributed by atoms with Crippen LogP contribution in [0.1, 0.15) is 50.3 Å². The van der Waals surface area contributed by atoms with Crippen molar-refractivity contribution in [3.63, 3.8) is 0 Å². The van der Waals surface area contributed by atoms with E-state index in [9.17, 15) is 27.2 Å². The molecule has 11 heteroatoms. The average molecular weight is 576 g/mol. The number of amides is 2. The minimum absolute atomic E-state index is 0.00677. The fourth-order valence-electron chi connectivity index (χ4n) is 4.70. The summed E-state index contributed by atoms with van der Waals surface area (Å²) in [5, 5.41) is 2.60. The third kappa shape index (κ3) is 7.18. The highest BCUT2D eigenvalue weighted by Crippen LogP contribution is 2.37. The van der Waals surface area contributed by atoms with Gasteiger partial charge in [-0.2, -0.15) is 13.2 Å². The number of halogens is 6. The number of hydrogen-bond donors (Lipinski definition) is 1. The van der Waals surface area contributed by atoms with Crippen LogP contribution in [0.4, 0.5) is 17.6 Å². The van der Waals surface area contributed by atoms with Crippen LogP contribution in [0.25, 0.3) is 0 Å². The molecule has 5 nitrogen and oxygen atoms in total. The number of alkyl halides is 3. The van der Waals surface area contributed by atoms with Crippen molar-refractivity contribution >= 4 is 35.0 Å². The van der Waals surface area contributed by atoms with Crippen LogP contribution in [0.5, 0.6) is 0 Å². The van der Waals surface area contributed by atoms with Crippen LogP contribution in [0.3, 0.4) is 0 Å². The summed E-state index contributed by atoms with van der Waals surface area (Å²) in [6, 6.07) is 6.25. The number of carbonyl (C=O) groups is 2. The van der Waals surface area contributed by atoms with Crippen molar-refractivity contribution in [1.82, 2.24) is 15.1 Å². The molecule has 0 aromatic heterocycles. The molecule has 1 saturated heterocycles. The summed E-state index contributed by atoms with van der Waals surface area (Å²) in [6.07, 6.45) is -3.09. The Morgan fingerprint density at radius 1 is 1.08 bits per heavy atom. The van der Waals surface area contributed by atoms with Crippen molar-refractivity contribution in [2.45, 2.75) is 56.8 Å². The molecule has 2 atom stereocenters. The highest BCUT2D eigenvalue weighted by atomic mass is 35.5. The number of nitrogens with zero attached hydrogens (tertiary/aromatic N) is 2. The minimum atomic E-state index is -4.81. The second-order valence-electron chi connectivity index (χ2n) is 9.91. The Hall–Kier alpha value is -2.36. The molecule has 1 aliphatic heterocycles. The van der Waals surface area contributed by atoms with Crippen molar-refractivity contribution in [2.24, 2.45) is 0 Å². The smallest absolute Gasteiger partial charge is 0.343 e. The van der Waals surface area contributed by atoms with Gasteiger partial charge in [0.15, 0.2) is 6.04 Å². The molecule has 0 aliphatic carbocycles. The molecule has 0 saturated carbocycles. The Bertz CT molecular complexity index is 1140. The molecule has 2 unspecified atom stereocenters. The molecule has 2 aromatic rings. The molecule has 0 bridgehead atoms. The lowest BCUT2D eigenvalue weighted by molar-refractivity contribution is -0.165. The number of carbonyl (C=O) groups excluding carboxylic acids is 2. The van der Waals surface area contributed by atoms with Crippen LogP contribution in [0, 0.1) is 5.82 Å². The molecule has 0 spiro atoms. The third-order valence-corrected chi connectivity index (χ3v) is 8.13. The zero-order chi connectivity index (χ0) is 28.3. The molecule has 1 heterocycles. The molecular formula is C27H31Cl2F4N3O2. The van der Waals surface area contributed by atoms with Gasteiger partial charge < -0.3 is 15.1 Å². The van der Waals surface area contributed by atoms with Crippen LogP contribution in [-0.2, 0) is 15.0 Å². The second kappa shape index (κ2) is 12.2. The van der Waals surface area contributed by atoms with Crippen LogP contribution < -0.4 is 5.32 Å². The van der Waals surface area contributed by atoms with E-state index in [0.717, 1.165) is 37.1 Å². The topological polar surface area (TPSA) is 52.7 Å². The molecule has 0 radical (unpaired) electrons. The fourth-order valence-corrected chi connectivity index (χ4v) is 5.00. The van der Waals surface area contributed by atoms with Gasteiger partial charge in [-0.05, 0) is 68.1 Å². The van der Waals surface area contributed by atoms with Crippen LogP contribution in [0.2, 0.25) is 10.0 Å². The lowest BCUT2D eigenvalue weighted by atomic mass is 9.78.